The zero-order chi connectivity index (χ0) is 18.5. The number of benzene rings is 4. The van der Waals surface area contributed by atoms with Crippen LogP contribution in [0.5, 0.6) is 0 Å². The number of aliphatic hydroxyl groups excluding tert-OH is 1. The fraction of sp³-hybridized carbons (Fsp3) is 0.167. The Morgan fingerprint density at radius 3 is 1.74 bits per heavy atom. The normalized spacial score (nSPS) is 12.5. The number of thioether (sulfide) groups is 2. The van der Waals surface area contributed by atoms with Crippen molar-refractivity contribution in [3.8, 4) is 0 Å². The van der Waals surface area contributed by atoms with Gasteiger partial charge in [0.15, 0.2) is 0 Å². The van der Waals surface area contributed by atoms with Crippen LogP contribution < -0.4 is 0 Å². The highest BCUT2D eigenvalue weighted by Crippen LogP contribution is 2.27. The first-order valence-corrected chi connectivity index (χ1v) is 11.2. The maximum Gasteiger partial charge on any atom is 0.0642 e. The minimum absolute atomic E-state index is 0.283. The molecule has 1 nitrogen and oxygen atoms in total. The van der Waals surface area contributed by atoms with Crippen molar-refractivity contribution in [1.82, 2.24) is 0 Å². The van der Waals surface area contributed by atoms with Gasteiger partial charge in [0, 0.05) is 21.3 Å². The summed E-state index contributed by atoms with van der Waals surface area (Å²) in [5, 5.41) is 15.4. The molecule has 1 atom stereocenters. The molecule has 1 unspecified atom stereocenters. The molecule has 0 heterocycles. The molecular weight excluding hydrogens is 368 g/mol. The lowest BCUT2D eigenvalue weighted by Gasteiger charge is -2.11. The average Bonchev–Trinajstić information content (AvgIpc) is 2.72. The summed E-state index contributed by atoms with van der Waals surface area (Å²) in [5.41, 5.74) is 0. The maximum atomic E-state index is 10.3. The predicted molar refractivity (Wildman–Crippen MR) is 120 cm³/mol. The standard InChI is InChI=1S/C24H22OS2/c25-22(17-27-24-12-10-19-6-2-4-8-21(19)16-24)13-14-26-23-11-9-18-5-1-3-7-20(18)15-23/h1-12,15-16,22,25H,13-14,17H2. The second-order valence-electron chi connectivity index (χ2n) is 6.62. The van der Waals surface area contributed by atoms with Gasteiger partial charge in [-0.05, 0) is 52.2 Å². The van der Waals surface area contributed by atoms with Crippen LogP contribution in [0.25, 0.3) is 21.5 Å². The van der Waals surface area contributed by atoms with E-state index in [0.717, 1.165) is 17.9 Å². The molecule has 0 spiro atoms. The van der Waals surface area contributed by atoms with E-state index in [1.165, 1.54) is 31.3 Å². The van der Waals surface area contributed by atoms with E-state index in [1.807, 2.05) is 11.8 Å². The molecule has 4 aromatic carbocycles. The quantitative estimate of drug-likeness (QED) is 0.358. The van der Waals surface area contributed by atoms with Gasteiger partial charge >= 0.3 is 0 Å². The van der Waals surface area contributed by atoms with Crippen LogP contribution in [-0.4, -0.2) is 22.7 Å². The molecule has 0 saturated heterocycles. The fourth-order valence-corrected chi connectivity index (χ4v) is 5.03. The number of hydrogen-bond acceptors (Lipinski definition) is 3. The summed E-state index contributed by atoms with van der Waals surface area (Å²) in [6, 6.07) is 29.9. The first-order valence-electron chi connectivity index (χ1n) is 9.19. The number of aliphatic hydroxyl groups is 1. The molecule has 0 bridgehead atoms. The Labute approximate surface area is 168 Å². The van der Waals surface area contributed by atoms with Crippen molar-refractivity contribution >= 4 is 45.1 Å². The van der Waals surface area contributed by atoms with Crippen LogP contribution in [0, 0.1) is 0 Å². The Kier molecular flexibility index (Phi) is 6.03. The highest BCUT2D eigenvalue weighted by atomic mass is 32.2. The van der Waals surface area contributed by atoms with E-state index in [0.29, 0.717) is 0 Å². The molecule has 0 aromatic heterocycles. The van der Waals surface area contributed by atoms with E-state index < -0.39 is 0 Å². The van der Waals surface area contributed by atoms with Gasteiger partial charge in [-0.2, -0.15) is 0 Å². The Balaban J connectivity index is 1.26. The van der Waals surface area contributed by atoms with Crippen LogP contribution in [0.15, 0.2) is 94.7 Å². The number of hydrogen-bond donors (Lipinski definition) is 1. The molecule has 0 aliphatic carbocycles. The van der Waals surface area contributed by atoms with Crippen LogP contribution in [0.1, 0.15) is 6.42 Å². The van der Waals surface area contributed by atoms with Gasteiger partial charge < -0.3 is 5.11 Å². The third-order valence-corrected chi connectivity index (χ3v) is 6.77. The van der Waals surface area contributed by atoms with Crippen molar-refractivity contribution in [3.63, 3.8) is 0 Å². The zero-order valence-electron chi connectivity index (χ0n) is 15.0. The molecular formula is C24H22OS2. The number of fused-ring (bicyclic) bond motifs is 2. The Hall–Kier alpha value is -1.94. The minimum atomic E-state index is -0.283. The van der Waals surface area contributed by atoms with Crippen molar-refractivity contribution in [2.24, 2.45) is 0 Å². The van der Waals surface area contributed by atoms with Gasteiger partial charge in [0.2, 0.25) is 0 Å². The van der Waals surface area contributed by atoms with Crippen molar-refractivity contribution < 1.29 is 5.11 Å². The number of rotatable bonds is 7. The summed E-state index contributed by atoms with van der Waals surface area (Å²) in [5.74, 6) is 1.66. The van der Waals surface area contributed by atoms with Gasteiger partial charge in [-0.3, -0.25) is 0 Å². The SMILES string of the molecule is OC(CCSc1ccc2ccccc2c1)CSc1ccc2ccccc2c1. The fourth-order valence-electron chi connectivity index (χ4n) is 3.10. The molecule has 1 N–H and O–H groups in total. The third-order valence-electron chi connectivity index (χ3n) is 4.60. The molecule has 0 saturated carbocycles. The molecule has 3 heteroatoms. The average molecular weight is 391 g/mol. The highest BCUT2D eigenvalue weighted by molar-refractivity contribution is 7.99. The van der Waals surface area contributed by atoms with E-state index in [9.17, 15) is 5.11 Å². The summed E-state index contributed by atoms with van der Waals surface area (Å²) >= 11 is 3.55. The van der Waals surface area contributed by atoms with Crippen LogP contribution in [-0.2, 0) is 0 Å². The molecule has 4 rings (SSSR count). The van der Waals surface area contributed by atoms with E-state index in [4.69, 9.17) is 0 Å². The van der Waals surface area contributed by atoms with Crippen LogP contribution in [0.2, 0.25) is 0 Å². The van der Waals surface area contributed by atoms with Crippen LogP contribution in [0.4, 0.5) is 0 Å². The van der Waals surface area contributed by atoms with E-state index >= 15 is 0 Å². The summed E-state index contributed by atoms with van der Waals surface area (Å²) in [6.45, 7) is 0. The predicted octanol–water partition coefficient (Wildman–Crippen LogP) is 6.63. The summed E-state index contributed by atoms with van der Waals surface area (Å²) < 4.78 is 0. The van der Waals surface area contributed by atoms with Crippen molar-refractivity contribution in [2.45, 2.75) is 22.3 Å². The van der Waals surface area contributed by atoms with Gasteiger partial charge in [0.1, 0.15) is 0 Å². The van der Waals surface area contributed by atoms with Crippen LogP contribution >= 0.6 is 23.5 Å². The second-order valence-corrected chi connectivity index (χ2v) is 8.88. The van der Waals surface area contributed by atoms with Crippen molar-refractivity contribution in [2.75, 3.05) is 11.5 Å². The monoisotopic (exact) mass is 390 g/mol. The van der Waals surface area contributed by atoms with Gasteiger partial charge in [0.25, 0.3) is 0 Å². The smallest absolute Gasteiger partial charge is 0.0642 e. The Morgan fingerprint density at radius 1 is 0.630 bits per heavy atom. The highest BCUT2D eigenvalue weighted by Gasteiger charge is 2.07. The summed E-state index contributed by atoms with van der Waals surface area (Å²) in [7, 11) is 0. The minimum Gasteiger partial charge on any atom is -0.392 e. The summed E-state index contributed by atoms with van der Waals surface area (Å²) in [4.78, 5) is 2.48. The first-order chi connectivity index (χ1) is 13.3. The maximum absolute atomic E-state index is 10.3. The molecule has 4 aromatic rings. The van der Waals surface area contributed by atoms with E-state index in [2.05, 4.69) is 84.9 Å². The second kappa shape index (κ2) is 8.83. The lowest BCUT2D eigenvalue weighted by molar-refractivity contribution is 0.197. The van der Waals surface area contributed by atoms with Crippen LogP contribution in [0.3, 0.4) is 0 Å². The van der Waals surface area contributed by atoms with Crippen molar-refractivity contribution in [3.05, 3.63) is 84.9 Å². The molecule has 0 aliphatic heterocycles. The Bertz CT molecular complexity index is 1040. The molecule has 0 aliphatic rings. The largest absolute Gasteiger partial charge is 0.392 e. The van der Waals surface area contributed by atoms with Gasteiger partial charge in [0.05, 0.1) is 6.10 Å². The zero-order valence-corrected chi connectivity index (χ0v) is 16.7. The topological polar surface area (TPSA) is 20.2 Å². The van der Waals surface area contributed by atoms with Gasteiger partial charge in [-0.15, -0.1) is 23.5 Å². The molecule has 0 amide bonds. The summed E-state index contributed by atoms with van der Waals surface area (Å²) in [6.07, 6.45) is 0.521. The molecule has 0 radical (unpaired) electrons. The lowest BCUT2D eigenvalue weighted by Crippen LogP contribution is -2.10. The molecule has 0 fully saturated rings. The van der Waals surface area contributed by atoms with Crippen molar-refractivity contribution in [1.29, 1.82) is 0 Å². The first kappa shape index (κ1) is 18.4. The van der Waals surface area contributed by atoms with Gasteiger partial charge in [-0.25, -0.2) is 0 Å². The van der Waals surface area contributed by atoms with Gasteiger partial charge in [-0.1, -0.05) is 60.7 Å². The molecule has 136 valence electrons. The van der Waals surface area contributed by atoms with E-state index in [-0.39, 0.29) is 6.10 Å². The Morgan fingerprint density at radius 2 is 1.15 bits per heavy atom. The van der Waals surface area contributed by atoms with E-state index in [1.54, 1.807) is 11.8 Å². The lowest BCUT2D eigenvalue weighted by atomic mass is 10.1. The third kappa shape index (κ3) is 4.86. The molecule has 27 heavy (non-hydrogen) atoms.